The van der Waals surface area contributed by atoms with Crippen LogP contribution in [0.25, 0.3) is 0 Å². The molecule has 0 radical (unpaired) electrons. The number of ether oxygens (including phenoxy) is 2. The van der Waals surface area contributed by atoms with Crippen molar-refractivity contribution < 1.29 is 18.7 Å². The van der Waals surface area contributed by atoms with Crippen molar-refractivity contribution >= 4 is 6.09 Å². The molecule has 1 fully saturated rings. The van der Waals surface area contributed by atoms with Crippen LogP contribution in [0.1, 0.15) is 76.1 Å². The van der Waals surface area contributed by atoms with Gasteiger partial charge in [-0.25, -0.2) is 9.18 Å². The zero-order valence-corrected chi connectivity index (χ0v) is 18.9. The Balaban J connectivity index is 1.64. The summed E-state index contributed by atoms with van der Waals surface area (Å²) in [6, 6.07) is 14.6. The van der Waals surface area contributed by atoms with Crippen molar-refractivity contribution in [2.45, 2.75) is 65.0 Å². The van der Waals surface area contributed by atoms with Gasteiger partial charge in [-0.05, 0) is 48.9 Å². The van der Waals surface area contributed by atoms with E-state index in [1.54, 1.807) is 17.0 Å². The average Bonchev–Trinajstić information content (AvgIpc) is 2.79. The van der Waals surface area contributed by atoms with Gasteiger partial charge in [0.25, 0.3) is 0 Å². The molecule has 1 aliphatic heterocycles. The van der Waals surface area contributed by atoms with Crippen LogP contribution < -0.4 is 4.74 Å². The van der Waals surface area contributed by atoms with Gasteiger partial charge in [0.2, 0.25) is 0 Å². The molecule has 0 N–H and O–H groups in total. The minimum atomic E-state index is -0.392. The number of cyclic esters (lactones) is 1. The number of hydrogen-bond donors (Lipinski definition) is 0. The number of benzene rings is 2. The van der Waals surface area contributed by atoms with Gasteiger partial charge in [-0.1, -0.05) is 63.1 Å². The molecule has 31 heavy (non-hydrogen) atoms. The highest BCUT2D eigenvalue weighted by Gasteiger charge is 2.32. The fraction of sp³-hybridized carbons (Fsp3) is 0.500. The summed E-state index contributed by atoms with van der Waals surface area (Å²) >= 11 is 0. The topological polar surface area (TPSA) is 38.8 Å². The van der Waals surface area contributed by atoms with E-state index in [0.717, 1.165) is 36.8 Å². The van der Waals surface area contributed by atoms with Crippen molar-refractivity contribution in [1.82, 2.24) is 4.90 Å². The maximum Gasteiger partial charge on any atom is 0.410 e. The molecular weight excluding hydrogens is 393 g/mol. The standard InChI is InChI=1S/C26H34FNO3/c1-4-9-20(10-5-2)18-30-25-17-22(13-14-23(25)27)24-15-16-28(26(29)31-24)19(3)21-11-7-6-8-12-21/h6-8,11-14,17,19-20,24H,4-5,9-10,15-16,18H2,1-3H3/t19-,24+/m0/s1. The summed E-state index contributed by atoms with van der Waals surface area (Å²) in [5.41, 5.74) is 1.85. The van der Waals surface area contributed by atoms with Gasteiger partial charge in [-0.3, -0.25) is 0 Å². The van der Waals surface area contributed by atoms with Crippen molar-refractivity contribution in [2.75, 3.05) is 13.2 Å². The van der Waals surface area contributed by atoms with Crippen LogP contribution in [0.15, 0.2) is 48.5 Å². The first kappa shape index (κ1) is 23.1. The summed E-state index contributed by atoms with van der Waals surface area (Å²) in [5.74, 6) is 0.293. The predicted octanol–water partition coefficient (Wildman–Crippen LogP) is 7.07. The minimum Gasteiger partial charge on any atom is -0.490 e. The van der Waals surface area contributed by atoms with Crippen LogP contribution in [0.5, 0.6) is 5.75 Å². The number of halogens is 1. The second-order valence-corrected chi connectivity index (χ2v) is 8.39. The summed E-state index contributed by atoms with van der Waals surface area (Å²) in [7, 11) is 0. The molecule has 0 bridgehead atoms. The Morgan fingerprint density at radius 2 is 1.84 bits per heavy atom. The SMILES string of the molecule is CCCC(CCC)COc1cc([C@H]2CCN([C@@H](C)c3ccccc3)C(=O)O2)ccc1F. The molecule has 0 aliphatic carbocycles. The molecule has 2 aromatic carbocycles. The number of nitrogens with zero attached hydrogens (tertiary/aromatic N) is 1. The Bertz CT molecular complexity index is 836. The average molecular weight is 428 g/mol. The smallest absolute Gasteiger partial charge is 0.410 e. The zero-order chi connectivity index (χ0) is 22.2. The number of hydrogen-bond acceptors (Lipinski definition) is 3. The Hall–Kier alpha value is -2.56. The third-order valence-electron chi connectivity index (χ3n) is 6.05. The molecule has 168 valence electrons. The molecule has 1 heterocycles. The highest BCUT2D eigenvalue weighted by Crippen LogP contribution is 2.34. The molecule has 0 aromatic heterocycles. The number of carbonyl (C=O) groups excluding carboxylic acids is 1. The third-order valence-corrected chi connectivity index (χ3v) is 6.05. The molecule has 0 unspecified atom stereocenters. The van der Waals surface area contributed by atoms with Crippen molar-refractivity contribution in [3.63, 3.8) is 0 Å². The first-order chi connectivity index (χ1) is 15.0. The van der Waals surface area contributed by atoms with Crippen molar-refractivity contribution in [2.24, 2.45) is 5.92 Å². The second-order valence-electron chi connectivity index (χ2n) is 8.39. The van der Waals surface area contributed by atoms with Crippen LogP contribution in [-0.4, -0.2) is 24.1 Å². The zero-order valence-electron chi connectivity index (χ0n) is 18.9. The van der Waals surface area contributed by atoms with E-state index in [2.05, 4.69) is 13.8 Å². The van der Waals surface area contributed by atoms with Gasteiger partial charge in [0.05, 0.1) is 12.6 Å². The lowest BCUT2D eigenvalue weighted by molar-refractivity contribution is 0.0121. The van der Waals surface area contributed by atoms with Gasteiger partial charge >= 0.3 is 6.09 Å². The summed E-state index contributed by atoms with van der Waals surface area (Å²) in [6.07, 6.45) is 4.25. The normalized spacial score (nSPS) is 17.5. The van der Waals surface area contributed by atoms with Gasteiger partial charge < -0.3 is 14.4 Å². The quantitative estimate of drug-likeness (QED) is 0.407. The lowest BCUT2D eigenvalue weighted by atomic mass is 9.99. The van der Waals surface area contributed by atoms with E-state index in [1.165, 1.54) is 6.07 Å². The van der Waals surface area contributed by atoms with Crippen molar-refractivity contribution in [1.29, 1.82) is 0 Å². The Morgan fingerprint density at radius 3 is 2.48 bits per heavy atom. The largest absolute Gasteiger partial charge is 0.490 e. The molecule has 5 heteroatoms. The molecule has 4 nitrogen and oxygen atoms in total. The molecule has 0 saturated carbocycles. The third kappa shape index (κ3) is 5.99. The van der Waals surface area contributed by atoms with Crippen LogP contribution in [0, 0.1) is 11.7 Å². The molecule has 3 rings (SSSR count). The molecule has 1 saturated heterocycles. The molecule has 2 aromatic rings. The summed E-state index contributed by atoms with van der Waals surface area (Å²) in [5, 5.41) is 0. The van der Waals surface area contributed by atoms with E-state index in [9.17, 15) is 9.18 Å². The van der Waals surface area contributed by atoms with Gasteiger partial charge in [0.15, 0.2) is 11.6 Å². The van der Waals surface area contributed by atoms with E-state index >= 15 is 0 Å². The minimum absolute atomic E-state index is 0.0594. The summed E-state index contributed by atoms with van der Waals surface area (Å²) in [4.78, 5) is 14.4. The molecule has 0 spiro atoms. The van der Waals surface area contributed by atoms with E-state index < -0.39 is 6.10 Å². The lowest BCUT2D eigenvalue weighted by Crippen LogP contribution is -2.40. The van der Waals surface area contributed by atoms with E-state index in [1.807, 2.05) is 37.3 Å². The monoisotopic (exact) mass is 427 g/mol. The lowest BCUT2D eigenvalue weighted by Gasteiger charge is -2.36. The van der Waals surface area contributed by atoms with Crippen LogP contribution in [-0.2, 0) is 4.74 Å². The van der Waals surface area contributed by atoms with Crippen molar-refractivity contribution in [3.8, 4) is 5.75 Å². The highest BCUT2D eigenvalue weighted by atomic mass is 19.1. The fourth-order valence-corrected chi connectivity index (χ4v) is 4.26. The molecular formula is C26H34FNO3. The number of amides is 1. The van der Waals surface area contributed by atoms with Crippen LogP contribution in [0.3, 0.4) is 0 Å². The van der Waals surface area contributed by atoms with E-state index in [0.29, 0.717) is 25.5 Å². The highest BCUT2D eigenvalue weighted by molar-refractivity contribution is 5.69. The van der Waals surface area contributed by atoms with Gasteiger partial charge in [-0.2, -0.15) is 0 Å². The second kappa shape index (κ2) is 11.2. The maximum absolute atomic E-state index is 14.4. The Morgan fingerprint density at radius 1 is 1.13 bits per heavy atom. The van der Waals surface area contributed by atoms with Crippen LogP contribution >= 0.6 is 0 Å². The first-order valence-electron chi connectivity index (χ1n) is 11.5. The summed E-state index contributed by atoms with van der Waals surface area (Å²) in [6.45, 7) is 7.41. The van der Waals surface area contributed by atoms with Crippen LogP contribution in [0.2, 0.25) is 0 Å². The van der Waals surface area contributed by atoms with Gasteiger partial charge in [-0.15, -0.1) is 0 Å². The number of carbonyl (C=O) groups is 1. The van der Waals surface area contributed by atoms with Crippen molar-refractivity contribution in [3.05, 3.63) is 65.5 Å². The van der Waals surface area contributed by atoms with Gasteiger partial charge in [0.1, 0.15) is 6.10 Å². The Labute approximate surface area is 185 Å². The maximum atomic E-state index is 14.4. The first-order valence-corrected chi connectivity index (χ1v) is 11.5. The number of rotatable bonds is 10. The summed E-state index contributed by atoms with van der Waals surface area (Å²) < 4.78 is 25.9. The van der Waals surface area contributed by atoms with Gasteiger partial charge in [0, 0.05) is 13.0 Å². The fourth-order valence-electron chi connectivity index (χ4n) is 4.26. The van der Waals surface area contributed by atoms with E-state index in [4.69, 9.17) is 9.47 Å². The molecule has 1 amide bonds. The molecule has 1 aliphatic rings. The predicted molar refractivity (Wildman–Crippen MR) is 121 cm³/mol. The van der Waals surface area contributed by atoms with Crippen LogP contribution in [0.4, 0.5) is 9.18 Å². The molecule has 2 atom stereocenters. The van der Waals surface area contributed by atoms with E-state index in [-0.39, 0.29) is 23.7 Å². The Kier molecular flexibility index (Phi) is 8.33.